The zero-order chi connectivity index (χ0) is 19.4. The van der Waals surface area contributed by atoms with E-state index in [4.69, 9.17) is 5.73 Å². The van der Waals surface area contributed by atoms with E-state index in [1.165, 1.54) is 0 Å². The number of carbonyl (C=O) groups is 3. The molecule has 0 saturated carbocycles. The number of rotatable bonds is 13. The van der Waals surface area contributed by atoms with Crippen molar-refractivity contribution in [2.75, 3.05) is 10.7 Å². The molecule has 0 aliphatic rings. The van der Waals surface area contributed by atoms with Gasteiger partial charge in [-0.25, -0.2) is 0 Å². The number of hydrogen-bond donors (Lipinski definition) is 1. The lowest BCUT2D eigenvalue weighted by Gasteiger charge is -2.30. The topological polar surface area (TPSA) is 80.5 Å². The van der Waals surface area contributed by atoms with Crippen molar-refractivity contribution < 1.29 is 14.4 Å². The fraction of sp³-hybridized carbons (Fsp3) is 0.833. The van der Waals surface area contributed by atoms with Gasteiger partial charge in [-0.1, -0.05) is 65.5 Å². The molecular weight excluding hydrogens is 452 g/mol. The van der Waals surface area contributed by atoms with E-state index in [1.54, 1.807) is 6.92 Å². The molecule has 3 amide bonds. The van der Waals surface area contributed by atoms with Crippen LogP contribution in [0.2, 0.25) is 0 Å². The third-order valence-electron chi connectivity index (χ3n) is 4.32. The van der Waals surface area contributed by atoms with E-state index in [1.807, 2.05) is 0 Å². The first kappa shape index (κ1) is 24.6. The number of nitrogens with two attached hydrogens (primary N) is 1. The first-order valence-corrected chi connectivity index (χ1v) is 11.4. The molecule has 0 spiro atoms. The van der Waals surface area contributed by atoms with Crippen molar-refractivity contribution in [1.29, 1.82) is 0 Å². The number of hydrogen-bond acceptors (Lipinski definition) is 3. The molecule has 5 nitrogen and oxygen atoms in total. The molecule has 0 bridgehead atoms. The molecule has 0 aromatic carbocycles. The summed E-state index contributed by atoms with van der Waals surface area (Å²) in [4.78, 5) is 38.6. The Balaban J connectivity index is 5.36. The SMILES string of the molecule is CCC[C@@H](CBr)CC(=O)N(C(=O)C[C@H](CBr)CCC)[C@@H](CC)C(N)=O. The van der Waals surface area contributed by atoms with Crippen LogP contribution in [0.15, 0.2) is 0 Å². The number of halogens is 2. The molecule has 0 radical (unpaired) electrons. The molecule has 3 atom stereocenters. The highest BCUT2D eigenvalue weighted by molar-refractivity contribution is 9.09. The summed E-state index contributed by atoms with van der Waals surface area (Å²) in [6.07, 6.45) is 4.56. The zero-order valence-corrected chi connectivity index (χ0v) is 18.8. The van der Waals surface area contributed by atoms with Gasteiger partial charge in [-0.3, -0.25) is 19.3 Å². The zero-order valence-electron chi connectivity index (χ0n) is 15.6. The van der Waals surface area contributed by atoms with Crippen LogP contribution in [0.3, 0.4) is 0 Å². The van der Waals surface area contributed by atoms with Crippen LogP contribution in [0.4, 0.5) is 0 Å². The fourth-order valence-corrected chi connectivity index (χ4v) is 4.08. The number of amides is 3. The largest absolute Gasteiger partial charge is 0.368 e. The predicted molar refractivity (Wildman–Crippen MR) is 109 cm³/mol. The smallest absolute Gasteiger partial charge is 0.240 e. The van der Waals surface area contributed by atoms with Crippen molar-refractivity contribution in [3.63, 3.8) is 0 Å². The highest BCUT2D eigenvalue weighted by Gasteiger charge is 2.33. The maximum absolute atomic E-state index is 12.8. The van der Waals surface area contributed by atoms with Gasteiger partial charge in [0.15, 0.2) is 0 Å². The summed E-state index contributed by atoms with van der Waals surface area (Å²) in [5.74, 6) is -0.903. The first-order valence-electron chi connectivity index (χ1n) is 9.12. The normalized spacial score (nSPS) is 14.6. The van der Waals surface area contributed by atoms with Crippen molar-refractivity contribution in [2.45, 2.75) is 71.8 Å². The molecule has 0 heterocycles. The number of nitrogens with zero attached hydrogens (tertiary/aromatic N) is 1. The summed E-state index contributed by atoms with van der Waals surface area (Å²) < 4.78 is 0. The van der Waals surface area contributed by atoms with Crippen LogP contribution in [0.5, 0.6) is 0 Å². The molecule has 0 aliphatic heterocycles. The van der Waals surface area contributed by atoms with Crippen LogP contribution in [0, 0.1) is 11.8 Å². The maximum Gasteiger partial charge on any atom is 0.240 e. The Morgan fingerprint density at radius 2 is 1.28 bits per heavy atom. The Hall–Kier alpha value is -0.430. The summed E-state index contributed by atoms with van der Waals surface area (Å²) in [6.45, 7) is 5.89. The van der Waals surface area contributed by atoms with E-state index >= 15 is 0 Å². The van der Waals surface area contributed by atoms with Crippen molar-refractivity contribution in [1.82, 2.24) is 4.90 Å². The van der Waals surface area contributed by atoms with E-state index in [0.717, 1.165) is 30.6 Å². The lowest BCUT2D eigenvalue weighted by atomic mass is 9.98. The van der Waals surface area contributed by atoms with Crippen LogP contribution in [0.25, 0.3) is 0 Å². The minimum absolute atomic E-state index is 0.154. The average molecular weight is 484 g/mol. The monoisotopic (exact) mass is 482 g/mol. The van der Waals surface area contributed by atoms with Crippen LogP contribution in [0.1, 0.15) is 65.7 Å². The van der Waals surface area contributed by atoms with Crippen LogP contribution in [-0.4, -0.2) is 39.3 Å². The molecule has 0 saturated heterocycles. The van der Waals surface area contributed by atoms with E-state index in [-0.39, 0.29) is 36.5 Å². The average Bonchev–Trinajstić information content (AvgIpc) is 2.57. The Morgan fingerprint density at radius 3 is 1.52 bits per heavy atom. The second-order valence-corrected chi connectivity index (χ2v) is 7.81. The van der Waals surface area contributed by atoms with Gasteiger partial charge in [0.05, 0.1) is 0 Å². The third-order valence-corrected chi connectivity index (χ3v) is 6.15. The van der Waals surface area contributed by atoms with Gasteiger partial charge in [-0.15, -0.1) is 0 Å². The summed E-state index contributed by atoms with van der Waals surface area (Å²) in [6, 6.07) is -0.866. The third kappa shape index (κ3) is 8.67. The van der Waals surface area contributed by atoms with Gasteiger partial charge >= 0.3 is 0 Å². The van der Waals surface area contributed by atoms with Gasteiger partial charge < -0.3 is 5.73 Å². The standard InChI is InChI=1S/C18H32Br2N2O3/c1-4-7-13(11-19)9-16(23)22(15(6-3)18(21)25)17(24)10-14(12-20)8-5-2/h13-15H,4-12H2,1-3H3,(H2,21,25)/t13-,14-,15+/m1/s1. The van der Waals surface area contributed by atoms with Gasteiger partial charge in [-0.05, 0) is 31.1 Å². The van der Waals surface area contributed by atoms with Crippen molar-refractivity contribution in [3.8, 4) is 0 Å². The Labute approximate surface area is 168 Å². The molecule has 0 aliphatic carbocycles. The summed E-state index contributed by atoms with van der Waals surface area (Å²) in [7, 11) is 0. The molecule has 0 unspecified atom stereocenters. The number of primary amides is 1. The molecule has 0 aromatic rings. The minimum atomic E-state index is -0.866. The number of alkyl halides is 2. The molecule has 0 fully saturated rings. The second-order valence-electron chi connectivity index (χ2n) is 6.51. The molecule has 25 heavy (non-hydrogen) atoms. The summed E-state index contributed by atoms with van der Waals surface area (Å²) >= 11 is 6.87. The van der Waals surface area contributed by atoms with E-state index in [2.05, 4.69) is 45.7 Å². The molecular formula is C18H32Br2N2O3. The number of carbonyl (C=O) groups excluding carboxylic acids is 3. The van der Waals surface area contributed by atoms with Gasteiger partial charge in [-0.2, -0.15) is 0 Å². The Bertz CT molecular complexity index is 405. The molecule has 7 heteroatoms. The predicted octanol–water partition coefficient (Wildman–Crippen LogP) is 4.01. The Kier molecular flexibility index (Phi) is 13.5. The highest BCUT2D eigenvalue weighted by atomic mass is 79.9. The molecule has 2 N–H and O–H groups in total. The number of imide groups is 1. The molecule has 0 aromatic heterocycles. The van der Waals surface area contributed by atoms with Gasteiger partial charge in [0.1, 0.15) is 6.04 Å². The molecule has 0 rings (SSSR count). The van der Waals surface area contributed by atoms with Gasteiger partial charge in [0.25, 0.3) is 0 Å². The van der Waals surface area contributed by atoms with Crippen molar-refractivity contribution >= 4 is 49.6 Å². The second kappa shape index (κ2) is 13.7. The van der Waals surface area contributed by atoms with Crippen molar-refractivity contribution in [3.05, 3.63) is 0 Å². The lowest BCUT2D eigenvalue weighted by molar-refractivity contribution is -0.152. The lowest BCUT2D eigenvalue weighted by Crippen LogP contribution is -2.51. The fourth-order valence-electron chi connectivity index (χ4n) is 2.97. The van der Waals surface area contributed by atoms with Crippen molar-refractivity contribution in [2.24, 2.45) is 17.6 Å². The van der Waals surface area contributed by atoms with Crippen LogP contribution < -0.4 is 5.73 Å². The van der Waals surface area contributed by atoms with Crippen LogP contribution in [-0.2, 0) is 14.4 Å². The van der Waals surface area contributed by atoms with Crippen LogP contribution >= 0.6 is 31.9 Å². The van der Waals surface area contributed by atoms with E-state index in [9.17, 15) is 14.4 Å². The quantitative estimate of drug-likeness (QED) is 0.402. The van der Waals surface area contributed by atoms with E-state index in [0.29, 0.717) is 17.1 Å². The maximum atomic E-state index is 12.8. The summed E-state index contributed by atoms with van der Waals surface area (Å²) in [5, 5.41) is 1.39. The Morgan fingerprint density at radius 1 is 0.880 bits per heavy atom. The van der Waals surface area contributed by atoms with Gasteiger partial charge in [0.2, 0.25) is 17.7 Å². The van der Waals surface area contributed by atoms with Gasteiger partial charge in [0, 0.05) is 23.5 Å². The highest BCUT2D eigenvalue weighted by Crippen LogP contribution is 2.21. The minimum Gasteiger partial charge on any atom is -0.368 e. The first-order chi connectivity index (χ1) is 11.9. The summed E-state index contributed by atoms with van der Waals surface area (Å²) in [5.41, 5.74) is 5.46. The molecule has 146 valence electrons. The van der Waals surface area contributed by atoms with E-state index < -0.39 is 11.9 Å².